The number of hydrogen-bond donors (Lipinski definition) is 3. The Hall–Kier alpha value is -2.21. The number of benzene rings is 1. The Labute approximate surface area is 84.7 Å². The lowest BCUT2D eigenvalue weighted by atomic mass is 10.1. The van der Waals surface area contributed by atoms with Crippen molar-refractivity contribution in [3.05, 3.63) is 30.0 Å². The van der Waals surface area contributed by atoms with Gasteiger partial charge in [0.15, 0.2) is 11.5 Å². The van der Waals surface area contributed by atoms with Crippen molar-refractivity contribution in [1.82, 2.24) is 10.2 Å². The molecule has 0 unspecified atom stereocenters. The molecule has 0 bridgehead atoms. The van der Waals surface area contributed by atoms with Crippen LogP contribution < -0.4 is 11.2 Å². The highest BCUT2D eigenvalue weighted by Gasteiger charge is 2.11. The average Bonchev–Trinajstić information content (AvgIpc) is 2.27. The first-order chi connectivity index (χ1) is 7.24. The van der Waals surface area contributed by atoms with Gasteiger partial charge in [0.05, 0.1) is 0 Å². The van der Waals surface area contributed by atoms with Crippen molar-refractivity contribution in [3.63, 3.8) is 0 Å². The molecule has 0 aliphatic carbocycles. The lowest BCUT2D eigenvalue weighted by molar-refractivity contribution is 0.0996. The largest absolute Gasteiger partial charge is 0.364 e. The lowest BCUT2D eigenvalue weighted by Crippen LogP contribution is -2.15. The second-order valence-electron chi connectivity index (χ2n) is 2.92. The normalized spacial score (nSPS) is 10.2. The van der Waals surface area contributed by atoms with Crippen LogP contribution >= 0.6 is 0 Å². The van der Waals surface area contributed by atoms with E-state index in [1.165, 1.54) is 0 Å². The molecule has 2 rings (SSSR count). The van der Waals surface area contributed by atoms with Crippen LogP contribution in [-0.2, 0) is 0 Å². The molecule has 1 aromatic heterocycles. The Balaban J connectivity index is 2.83. The van der Waals surface area contributed by atoms with Gasteiger partial charge in [-0.25, -0.2) is 0 Å². The molecule has 0 saturated carbocycles. The van der Waals surface area contributed by atoms with Crippen molar-refractivity contribution in [1.29, 1.82) is 0 Å². The molecule has 0 aliphatic heterocycles. The SMILES string of the molecule is NC(=O)c1nnc(NO)c2ccccc12. The number of fused-ring (bicyclic) bond motifs is 1. The van der Waals surface area contributed by atoms with Gasteiger partial charge in [-0.1, -0.05) is 24.3 Å². The van der Waals surface area contributed by atoms with Gasteiger partial charge >= 0.3 is 0 Å². The summed E-state index contributed by atoms with van der Waals surface area (Å²) < 4.78 is 0. The van der Waals surface area contributed by atoms with Crippen LogP contribution in [0.1, 0.15) is 10.5 Å². The molecule has 1 heterocycles. The molecule has 4 N–H and O–H groups in total. The first-order valence-electron chi connectivity index (χ1n) is 4.19. The Morgan fingerprint density at radius 2 is 1.93 bits per heavy atom. The summed E-state index contributed by atoms with van der Waals surface area (Å²) in [7, 11) is 0. The number of carbonyl (C=O) groups excluding carboxylic acids is 1. The highest BCUT2D eigenvalue weighted by Crippen LogP contribution is 2.21. The van der Waals surface area contributed by atoms with E-state index in [0.717, 1.165) is 0 Å². The van der Waals surface area contributed by atoms with Crippen LogP contribution in [0, 0.1) is 0 Å². The summed E-state index contributed by atoms with van der Waals surface area (Å²) in [6.45, 7) is 0. The quantitative estimate of drug-likeness (QED) is 0.619. The van der Waals surface area contributed by atoms with Crippen LogP contribution in [0.15, 0.2) is 24.3 Å². The standard InChI is InChI=1S/C9H8N4O2/c10-8(14)7-5-3-1-2-4-6(5)9(13-15)12-11-7/h1-4,15H,(H2,10,14)(H,12,13). The first kappa shape index (κ1) is 9.35. The molecule has 2 aromatic rings. The summed E-state index contributed by atoms with van der Waals surface area (Å²) in [5.74, 6) is -0.459. The van der Waals surface area contributed by atoms with Crippen LogP contribution in [-0.4, -0.2) is 21.3 Å². The van der Waals surface area contributed by atoms with E-state index in [1.54, 1.807) is 24.3 Å². The molecule has 0 atom stereocenters. The summed E-state index contributed by atoms with van der Waals surface area (Å²) in [6.07, 6.45) is 0. The first-order valence-corrected chi connectivity index (χ1v) is 4.19. The number of anilines is 1. The second kappa shape index (κ2) is 3.50. The molecule has 0 aliphatic rings. The molecule has 0 radical (unpaired) electrons. The number of nitrogens with one attached hydrogen (secondary N) is 1. The number of carbonyl (C=O) groups is 1. The molecule has 15 heavy (non-hydrogen) atoms. The maximum absolute atomic E-state index is 11.1. The number of nitrogens with zero attached hydrogens (tertiary/aromatic N) is 2. The summed E-state index contributed by atoms with van der Waals surface area (Å²) in [5.41, 5.74) is 7.14. The molecule has 1 amide bonds. The maximum atomic E-state index is 11.1. The van der Waals surface area contributed by atoms with Crippen molar-refractivity contribution >= 4 is 22.5 Å². The molecular weight excluding hydrogens is 196 g/mol. The van der Waals surface area contributed by atoms with Gasteiger partial charge in [-0.05, 0) is 0 Å². The average molecular weight is 204 g/mol. The number of amides is 1. The number of rotatable bonds is 2. The van der Waals surface area contributed by atoms with Crippen molar-refractivity contribution in [3.8, 4) is 0 Å². The predicted octanol–water partition coefficient (Wildman–Crippen LogP) is 0.530. The Morgan fingerprint density at radius 3 is 2.53 bits per heavy atom. The third-order valence-corrected chi connectivity index (χ3v) is 2.03. The van der Waals surface area contributed by atoms with E-state index >= 15 is 0 Å². The summed E-state index contributed by atoms with van der Waals surface area (Å²) in [5, 5.41) is 17.2. The van der Waals surface area contributed by atoms with Gasteiger partial charge in [0.25, 0.3) is 5.91 Å². The third kappa shape index (κ3) is 1.46. The molecule has 0 spiro atoms. The van der Waals surface area contributed by atoms with Gasteiger partial charge in [0.2, 0.25) is 0 Å². The van der Waals surface area contributed by atoms with Gasteiger partial charge in [-0.2, -0.15) is 0 Å². The second-order valence-corrected chi connectivity index (χ2v) is 2.92. The fourth-order valence-electron chi connectivity index (χ4n) is 1.37. The highest BCUT2D eigenvalue weighted by atomic mass is 16.5. The molecule has 1 aromatic carbocycles. The van der Waals surface area contributed by atoms with Crippen LogP contribution in [0.4, 0.5) is 5.82 Å². The Bertz CT molecular complexity index is 527. The zero-order chi connectivity index (χ0) is 10.8. The molecule has 0 fully saturated rings. The van der Waals surface area contributed by atoms with Gasteiger partial charge in [0.1, 0.15) is 0 Å². The molecular formula is C9H8N4O2. The number of nitrogens with two attached hydrogens (primary N) is 1. The van der Waals surface area contributed by atoms with Gasteiger partial charge in [0, 0.05) is 10.8 Å². The molecule has 6 heteroatoms. The number of aromatic nitrogens is 2. The van der Waals surface area contributed by atoms with Crippen molar-refractivity contribution in [2.45, 2.75) is 0 Å². The zero-order valence-corrected chi connectivity index (χ0v) is 7.64. The third-order valence-electron chi connectivity index (χ3n) is 2.03. The van der Waals surface area contributed by atoms with E-state index in [1.807, 2.05) is 5.48 Å². The van der Waals surface area contributed by atoms with Crippen molar-refractivity contribution in [2.24, 2.45) is 5.73 Å². The van der Waals surface area contributed by atoms with E-state index < -0.39 is 5.91 Å². The number of primary amides is 1. The van der Waals surface area contributed by atoms with Gasteiger partial charge < -0.3 is 5.73 Å². The predicted molar refractivity (Wildman–Crippen MR) is 53.5 cm³/mol. The highest BCUT2D eigenvalue weighted by molar-refractivity contribution is 6.06. The van der Waals surface area contributed by atoms with E-state index in [4.69, 9.17) is 10.9 Å². The van der Waals surface area contributed by atoms with Gasteiger partial charge in [-0.3, -0.25) is 15.5 Å². The Kier molecular flexibility index (Phi) is 2.18. The van der Waals surface area contributed by atoms with Crippen LogP contribution in [0.2, 0.25) is 0 Å². The zero-order valence-electron chi connectivity index (χ0n) is 7.64. The van der Waals surface area contributed by atoms with Crippen LogP contribution in [0.5, 0.6) is 0 Å². The Morgan fingerprint density at radius 1 is 1.27 bits per heavy atom. The van der Waals surface area contributed by atoms with E-state index in [-0.39, 0.29) is 11.5 Å². The van der Waals surface area contributed by atoms with Crippen molar-refractivity contribution in [2.75, 3.05) is 5.48 Å². The minimum atomic E-state index is -0.650. The monoisotopic (exact) mass is 204 g/mol. The smallest absolute Gasteiger partial charge is 0.269 e. The van der Waals surface area contributed by atoms with Crippen LogP contribution in [0.3, 0.4) is 0 Å². The van der Waals surface area contributed by atoms with Gasteiger partial charge in [-0.15, -0.1) is 10.2 Å². The summed E-state index contributed by atoms with van der Waals surface area (Å²) in [6, 6.07) is 6.90. The fraction of sp³-hybridized carbons (Fsp3) is 0. The fourth-order valence-corrected chi connectivity index (χ4v) is 1.37. The molecule has 0 saturated heterocycles. The summed E-state index contributed by atoms with van der Waals surface area (Å²) >= 11 is 0. The topological polar surface area (TPSA) is 101 Å². The van der Waals surface area contributed by atoms with Crippen molar-refractivity contribution < 1.29 is 10.0 Å². The number of hydrogen-bond acceptors (Lipinski definition) is 5. The van der Waals surface area contributed by atoms with E-state index in [9.17, 15) is 4.79 Å². The molecule has 6 nitrogen and oxygen atoms in total. The minimum absolute atomic E-state index is 0.0876. The van der Waals surface area contributed by atoms with E-state index in [0.29, 0.717) is 10.8 Å². The van der Waals surface area contributed by atoms with Crippen LogP contribution in [0.25, 0.3) is 10.8 Å². The molecule has 76 valence electrons. The maximum Gasteiger partial charge on any atom is 0.269 e. The van der Waals surface area contributed by atoms with E-state index in [2.05, 4.69) is 10.2 Å². The minimum Gasteiger partial charge on any atom is -0.364 e. The lowest BCUT2D eigenvalue weighted by Gasteiger charge is -2.04. The summed E-state index contributed by atoms with van der Waals surface area (Å²) in [4.78, 5) is 11.1.